The monoisotopic (exact) mass is 226 g/mol. The third kappa shape index (κ3) is 6.01. The van der Waals surface area contributed by atoms with Crippen molar-refractivity contribution >= 4 is 12.4 Å². The van der Waals surface area contributed by atoms with Crippen molar-refractivity contribution in [2.45, 2.75) is 38.9 Å². The molecule has 0 aliphatic rings. The van der Waals surface area contributed by atoms with Crippen LogP contribution in [0, 0.1) is 0 Å². The summed E-state index contributed by atoms with van der Waals surface area (Å²) in [6.07, 6.45) is 5.00. The van der Waals surface area contributed by atoms with Gasteiger partial charge in [0, 0.05) is 0 Å². The first kappa shape index (κ1) is 14.4. The molecule has 0 aromatic heterocycles. The number of hydrogen-bond acceptors (Lipinski definition) is 4. The highest BCUT2D eigenvalue weighted by Gasteiger charge is 2.21. The van der Waals surface area contributed by atoms with Gasteiger partial charge in [-0.15, -0.1) is 6.58 Å². The lowest BCUT2D eigenvalue weighted by molar-refractivity contribution is -0.164. The van der Waals surface area contributed by atoms with Gasteiger partial charge in [-0.1, -0.05) is 12.2 Å². The predicted molar refractivity (Wildman–Crippen MR) is 60.7 cm³/mol. The van der Waals surface area contributed by atoms with Crippen LogP contribution in [0.3, 0.4) is 0 Å². The summed E-state index contributed by atoms with van der Waals surface area (Å²) in [4.78, 5) is 21.8. The first-order valence-corrected chi connectivity index (χ1v) is 5.19. The number of esters is 1. The van der Waals surface area contributed by atoms with Crippen molar-refractivity contribution in [2.24, 2.45) is 0 Å². The Labute approximate surface area is 95.9 Å². The zero-order chi connectivity index (χ0) is 12.4. The van der Waals surface area contributed by atoms with E-state index in [1.165, 1.54) is 0 Å². The zero-order valence-electron chi connectivity index (χ0n) is 9.72. The molecule has 90 valence electrons. The lowest BCUT2D eigenvalue weighted by atomic mass is 10.2. The predicted octanol–water partition coefficient (Wildman–Crippen LogP) is 2.00. The van der Waals surface area contributed by atoms with Gasteiger partial charge in [0.05, 0.1) is 0 Å². The second-order valence-electron chi connectivity index (χ2n) is 3.25. The molecule has 0 aromatic carbocycles. The number of hydrogen-bond donors (Lipinski definition) is 0. The Kier molecular flexibility index (Phi) is 7.85. The van der Waals surface area contributed by atoms with Crippen molar-refractivity contribution < 1.29 is 19.1 Å². The van der Waals surface area contributed by atoms with Crippen LogP contribution in [0.15, 0.2) is 24.8 Å². The summed E-state index contributed by atoms with van der Waals surface area (Å²) in [6.45, 7) is 7.37. The van der Waals surface area contributed by atoms with E-state index in [9.17, 15) is 9.59 Å². The van der Waals surface area contributed by atoms with Gasteiger partial charge in [0.1, 0.15) is 6.10 Å². The Balaban J connectivity index is 4.24. The van der Waals surface area contributed by atoms with Crippen LogP contribution in [-0.4, -0.2) is 24.6 Å². The first-order chi connectivity index (χ1) is 7.65. The molecule has 4 nitrogen and oxygen atoms in total. The molecule has 0 radical (unpaired) electrons. The zero-order valence-corrected chi connectivity index (χ0v) is 9.72. The fourth-order valence-corrected chi connectivity index (χ4v) is 1.15. The normalized spacial score (nSPS) is 14.1. The molecule has 16 heavy (non-hydrogen) atoms. The molecule has 0 saturated carbocycles. The molecule has 0 spiro atoms. The molecule has 4 heteroatoms. The van der Waals surface area contributed by atoms with Crippen LogP contribution in [0.1, 0.15) is 26.7 Å². The average molecular weight is 226 g/mol. The molecule has 0 aliphatic heterocycles. The highest BCUT2D eigenvalue weighted by atomic mass is 16.6. The maximum atomic E-state index is 11.5. The molecule has 0 heterocycles. The summed E-state index contributed by atoms with van der Waals surface area (Å²) in [5.74, 6) is -0.528. The Morgan fingerprint density at radius 2 is 2.19 bits per heavy atom. The van der Waals surface area contributed by atoms with Crippen LogP contribution >= 0.6 is 0 Å². The second-order valence-corrected chi connectivity index (χ2v) is 3.25. The van der Waals surface area contributed by atoms with E-state index in [4.69, 9.17) is 4.74 Å². The number of allylic oxidation sites excluding steroid dienone is 2. The van der Waals surface area contributed by atoms with E-state index in [0.717, 1.165) is 0 Å². The van der Waals surface area contributed by atoms with E-state index in [1.54, 1.807) is 25.2 Å². The lowest BCUT2D eigenvalue weighted by Crippen LogP contribution is -2.28. The maximum absolute atomic E-state index is 11.5. The van der Waals surface area contributed by atoms with Crippen molar-refractivity contribution in [3.63, 3.8) is 0 Å². The van der Waals surface area contributed by atoms with Crippen LogP contribution in [0.2, 0.25) is 0 Å². The fraction of sp³-hybridized carbons (Fsp3) is 0.500. The van der Waals surface area contributed by atoms with Crippen molar-refractivity contribution in [2.75, 3.05) is 0 Å². The lowest BCUT2D eigenvalue weighted by Gasteiger charge is -2.15. The largest absolute Gasteiger partial charge is 0.456 e. The summed E-state index contributed by atoms with van der Waals surface area (Å²) in [5, 5.41) is 0. The standard InChI is InChI=1S/C12H18O4/c1-4-6-8-11(15-9-13)12(14)16-10(3)7-5-2/h4-5,7,9-11H,1,6,8H2,2-3H3. The highest BCUT2D eigenvalue weighted by molar-refractivity contribution is 5.76. The highest BCUT2D eigenvalue weighted by Crippen LogP contribution is 2.07. The van der Waals surface area contributed by atoms with Gasteiger partial charge in [0.25, 0.3) is 6.47 Å². The minimum absolute atomic E-state index is 0.259. The van der Waals surface area contributed by atoms with Gasteiger partial charge in [-0.25, -0.2) is 4.79 Å². The molecular weight excluding hydrogens is 208 g/mol. The van der Waals surface area contributed by atoms with Crippen LogP contribution in [0.5, 0.6) is 0 Å². The fourth-order valence-electron chi connectivity index (χ4n) is 1.15. The van der Waals surface area contributed by atoms with E-state index in [-0.39, 0.29) is 12.6 Å². The van der Waals surface area contributed by atoms with Gasteiger partial charge in [-0.2, -0.15) is 0 Å². The van der Waals surface area contributed by atoms with E-state index in [0.29, 0.717) is 12.8 Å². The van der Waals surface area contributed by atoms with Gasteiger partial charge in [-0.3, -0.25) is 4.79 Å². The number of carbonyl (C=O) groups excluding carboxylic acids is 2. The summed E-state index contributed by atoms with van der Waals surface area (Å²) in [7, 11) is 0. The third-order valence-corrected chi connectivity index (χ3v) is 1.88. The Hall–Kier alpha value is -1.58. The average Bonchev–Trinajstić information content (AvgIpc) is 2.24. The topological polar surface area (TPSA) is 52.6 Å². The van der Waals surface area contributed by atoms with E-state index < -0.39 is 12.1 Å². The molecular formula is C12H18O4. The smallest absolute Gasteiger partial charge is 0.348 e. The molecule has 0 aliphatic carbocycles. The van der Waals surface area contributed by atoms with E-state index in [1.807, 2.05) is 6.92 Å². The van der Waals surface area contributed by atoms with Gasteiger partial charge in [-0.05, 0) is 32.8 Å². The Morgan fingerprint density at radius 1 is 1.50 bits per heavy atom. The first-order valence-electron chi connectivity index (χ1n) is 5.19. The van der Waals surface area contributed by atoms with Crippen molar-refractivity contribution in [3.05, 3.63) is 24.8 Å². The van der Waals surface area contributed by atoms with Gasteiger partial charge in [0.2, 0.25) is 0 Å². The van der Waals surface area contributed by atoms with Crippen molar-refractivity contribution in [3.8, 4) is 0 Å². The van der Waals surface area contributed by atoms with E-state index in [2.05, 4.69) is 11.3 Å². The maximum Gasteiger partial charge on any atom is 0.348 e. The molecule has 2 unspecified atom stereocenters. The summed E-state index contributed by atoms with van der Waals surface area (Å²) < 4.78 is 9.72. The van der Waals surface area contributed by atoms with Gasteiger partial charge >= 0.3 is 5.97 Å². The number of rotatable bonds is 8. The van der Waals surface area contributed by atoms with Crippen molar-refractivity contribution in [1.29, 1.82) is 0 Å². The summed E-state index contributed by atoms with van der Waals surface area (Å²) in [6, 6.07) is 0. The summed E-state index contributed by atoms with van der Waals surface area (Å²) in [5.41, 5.74) is 0. The van der Waals surface area contributed by atoms with Crippen LogP contribution in [-0.2, 0) is 19.1 Å². The van der Waals surface area contributed by atoms with Gasteiger partial charge in [0.15, 0.2) is 6.10 Å². The molecule has 0 amide bonds. The Morgan fingerprint density at radius 3 is 2.69 bits per heavy atom. The van der Waals surface area contributed by atoms with Crippen LogP contribution in [0.4, 0.5) is 0 Å². The SMILES string of the molecule is C=CCCC(OC=O)C(=O)OC(C)C=CC. The van der Waals surface area contributed by atoms with Crippen molar-refractivity contribution in [1.82, 2.24) is 0 Å². The molecule has 0 saturated heterocycles. The molecule has 0 fully saturated rings. The van der Waals surface area contributed by atoms with Crippen LogP contribution < -0.4 is 0 Å². The molecule has 0 aromatic rings. The molecule has 2 atom stereocenters. The van der Waals surface area contributed by atoms with E-state index >= 15 is 0 Å². The third-order valence-electron chi connectivity index (χ3n) is 1.88. The number of carbonyl (C=O) groups is 2. The summed E-state index contributed by atoms with van der Waals surface area (Å²) >= 11 is 0. The minimum atomic E-state index is -0.844. The van der Waals surface area contributed by atoms with Crippen LogP contribution in [0.25, 0.3) is 0 Å². The second kappa shape index (κ2) is 8.71. The molecule has 0 bridgehead atoms. The molecule has 0 rings (SSSR count). The Bertz CT molecular complexity index is 258. The minimum Gasteiger partial charge on any atom is -0.456 e. The number of ether oxygens (including phenoxy) is 2. The quantitative estimate of drug-likeness (QED) is 0.361. The van der Waals surface area contributed by atoms with Gasteiger partial charge < -0.3 is 9.47 Å². The molecule has 0 N–H and O–H groups in total.